The normalized spacial score (nSPS) is 25.2. The van der Waals surface area contributed by atoms with Crippen LogP contribution in [-0.2, 0) is 6.54 Å². The highest BCUT2D eigenvalue weighted by Crippen LogP contribution is 2.36. The first-order chi connectivity index (χ1) is 12.2. The van der Waals surface area contributed by atoms with E-state index >= 15 is 0 Å². The quantitative estimate of drug-likeness (QED) is 0.525. The van der Waals surface area contributed by atoms with Crippen LogP contribution in [0.1, 0.15) is 36.0 Å². The van der Waals surface area contributed by atoms with E-state index in [0.717, 1.165) is 23.9 Å². The molecule has 2 fully saturated rings. The number of piperidine rings is 1. The largest absolute Gasteiger partial charge is 0.393 e. The molecule has 2 bridgehead atoms. The lowest BCUT2D eigenvalue weighted by atomic mass is 9.98. The maximum Gasteiger partial charge on any atom is 0.254 e. The zero-order valence-electron chi connectivity index (χ0n) is 13.8. The van der Waals surface area contributed by atoms with Gasteiger partial charge in [-0.3, -0.25) is 4.79 Å². The molecule has 1 amide bonds. The van der Waals surface area contributed by atoms with Gasteiger partial charge in [-0.2, -0.15) is 0 Å². The number of aliphatic hydroxyl groups excluding tert-OH is 1. The SMILES string of the molecule is [N-]=[N+]=NCCn1cnc2cc(C(=O)N3C4CCC3CC(O)C4)ccc21. The average molecular weight is 340 g/mol. The number of aliphatic hydroxyl groups is 1. The molecule has 1 N–H and O–H groups in total. The molecule has 3 heterocycles. The molecular weight excluding hydrogens is 320 g/mol. The van der Waals surface area contributed by atoms with Crippen LogP contribution >= 0.6 is 0 Å². The fraction of sp³-hybridized carbons (Fsp3) is 0.529. The number of benzene rings is 1. The second-order valence-electron chi connectivity index (χ2n) is 6.82. The van der Waals surface area contributed by atoms with E-state index in [1.165, 1.54) is 0 Å². The lowest BCUT2D eigenvalue weighted by molar-refractivity contribution is 0.0287. The van der Waals surface area contributed by atoms with E-state index in [4.69, 9.17) is 5.53 Å². The molecule has 2 aromatic rings. The van der Waals surface area contributed by atoms with Crippen molar-refractivity contribution in [3.8, 4) is 0 Å². The van der Waals surface area contributed by atoms with Gasteiger partial charge in [0.05, 0.1) is 23.5 Å². The van der Waals surface area contributed by atoms with Gasteiger partial charge in [0.25, 0.3) is 5.91 Å². The zero-order valence-corrected chi connectivity index (χ0v) is 13.8. The Labute approximate surface area is 144 Å². The molecule has 0 radical (unpaired) electrons. The Balaban J connectivity index is 1.57. The summed E-state index contributed by atoms with van der Waals surface area (Å²) in [5.41, 5.74) is 10.7. The van der Waals surface area contributed by atoms with Crippen molar-refractivity contribution in [2.45, 2.75) is 50.4 Å². The molecule has 0 spiro atoms. The predicted molar refractivity (Wildman–Crippen MR) is 92.0 cm³/mol. The van der Waals surface area contributed by atoms with E-state index in [-0.39, 0.29) is 24.1 Å². The van der Waals surface area contributed by atoms with Crippen molar-refractivity contribution in [3.05, 3.63) is 40.5 Å². The van der Waals surface area contributed by atoms with Crippen molar-refractivity contribution < 1.29 is 9.90 Å². The molecule has 2 saturated heterocycles. The molecule has 1 aromatic heterocycles. The maximum atomic E-state index is 13.0. The van der Waals surface area contributed by atoms with Crippen LogP contribution in [0.4, 0.5) is 0 Å². The third-order valence-electron chi connectivity index (χ3n) is 5.31. The van der Waals surface area contributed by atoms with Gasteiger partial charge in [0.1, 0.15) is 0 Å². The van der Waals surface area contributed by atoms with Gasteiger partial charge < -0.3 is 14.6 Å². The van der Waals surface area contributed by atoms with Crippen LogP contribution in [0.2, 0.25) is 0 Å². The van der Waals surface area contributed by atoms with Gasteiger partial charge >= 0.3 is 0 Å². The minimum absolute atomic E-state index is 0.0323. The summed E-state index contributed by atoms with van der Waals surface area (Å²) in [7, 11) is 0. The number of rotatable bonds is 4. The molecular formula is C17H20N6O2. The number of aromatic nitrogens is 2. The number of carbonyl (C=O) groups is 1. The van der Waals surface area contributed by atoms with E-state index in [1.54, 1.807) is 6.33 Å². The first-order valence-corrected chi connectivity index (χ1v) is 8.64. The fourth-order valence-electron chi connectivity index (χ4n) is 4.20. The summed E-state index contributed by atoms with van der Waals surface area (Å²) in [5.74, 6) is 0.0323. The lowest BCUT2D eigenvalue weighted by Gasteiger charge is -2.37. The molecule has 8 nitrogen and oxygen atoms in total. The van der Waals surface area contributed by atoms with Crippen molar-refractivity contribution in [1.82, 2.24) is 14.5 Å². The molecule has 0 saturated carbocycles. The first kappa shape index (κ1) is 15.9. The second kappa shape index (κ2) is 6.38. The van der Waals surface area contributed by atoms with Gasteiger partial charge in [0.15, 0.2) is 0 Å². The van der Waals surface area contributed by atoms with E-state index in [2.05, 4.69) is 15.0 Å². The van der Waals surface area contributed by atoms with Crippen LogP contribution in [0.3, 0.4) is 0 Å². The van der Waals surface area contributed by atoms with Crippen LogP contribution in [0.5, 0.6) is 0 Å². The van der Waals surface area contributed by atoms with Gasteiger partial charge in [0.2, 0.25) is 0 Å². The van der Waals surface area contributed by atoms with Crippen molar-refractivity contribution >= 4 is 16.9 Å². The summed E-state index contributed by atoms with van der Waals surface area (Å²) >= 11 is 0. The molecule has 0 aliphatic carbocycles. The Morgan fingerprint density at radius 1 is 1.36 bits per heavy atom. The van der Waals surface area contributed by atoms with Crippen molar-refractivity contribution in [3.63, 3.8) is 0 Å². The monoisotopic (exact) mass is 340 g/mol. The zero-order chi connectivity index (χ0) is 17.4. The highest BCUT2D eigenvalue weighted by molar-refractivity contribution is 5.98. The van der Waals surface area contributed by atoms with Gasteiger partial charge in [-0.25, -0.2) is 4.98 Å². The predicted octanol–water partition coefficient (Wildman–Crippen LogP) is 2.47. The van der Waals surface area contributed by atoms with Crippen LogP contribution in [-0.4, -0.2) is 50.2 Å². The topological polar surface area (TPSA) is 107 Å². The highest BCUT2D eigenvalue weighted by Gasteiger charge is 2.42. The van der Waals surface area contributed by atoms with Crippen LogP contribution < -0.4 is 0 Å². The molecule has 1 aromatic carbocycles. The first-order valence-electron chi connectivity index (χ1n) is 8.64. The molecule has 2 aliphatic rings. The van der Waals surface area contributed by atoms with Gasteiger partial charge in [0, 0.05) is 35.6 Å². The van der Waals surface area contributed by atoms with E-state index in [0.29, 0.717) is 31.5 Å². The Morgan fingerprint density at radius 3 is 2.84 bits per heavy atom. The molecule has 2 aliphatic heterocycles. The number of imidazole rings is 1. The summed E-state index contributed by atoms with van der Waals surface area (Å²) in [6.45, 7) is 0.921. The number of hydrogen-bond donors (Lipinski definition) is 1. The third-order valence-corrected chi connectivity index (χ3v) is 5.31. The summed E-state index contributed by atoms with van der Waals surface area (Å²) in [6, 6.07) is 5.86. The van der Waals surface area contributed by atoms with Gasteiger partial charge in [-0.1, -0.05) is 5.11 Å². The lowest BCUT2D eigenvalue weighted by Crippen LogP contribution is -2.48. The third kappa shape index (κ3) is 2.83. The van der Waals surface area contributed by atoms with Crippen molar-refractivity contribution in [2.24, 2.45) is 5.11 Å². The highest BCUT2D eigenvalue weighted by atomic mass is 16.3. The summed E-state index contributed by atoms with van der Waals surface area (Å²) < 4.78 is 1.92. The standard InChI is InChI=1S/C17H20N6O2/c18-21-20-5-6-22-10-19-15-7-11(1-4-16(15)22)17(25)23-12-2-3-13(23)9-14(24)8-12/h1,4,7,10,12-14,24H,2-3,5-6,8-9H2. The Kier molecular flexibility index (Phi) is 4.07. The molecule has 8 heteroatoms. The number of nitrogens with zero attached hydrogens (tertiary/aromatic N) is 6. The average Bonchev–Trinajstić information content (AvgIpc) is 3.13. The van der Waals surface area contributed by atoms with E-state index in [1.807, 2.05) is 27.7 Å². The van der Waals surface area contributed by atoms with Crippen molar-refractivity contribution in [2.75, 3.05) is 6.54 Å². The molecule has 130 valence electrons. The smallest absolute Gasteiger partial charge is 0.254 e. The number of azide groups is 1. The Morgan fingerprint density at radius 2 is 2.12 bits per heavy atom. The molecule has 2 atom stereocenters. The summed E-state index contributed by atoms with van der Waals surface area (Å²) in [4.78, 5) is 22.1. The molecule has 2 unspecified atom stereocenters. The number of carbonyl (C=O) groups excluding carboxylic acids is 1. The second-order valence-corrected chi connectivity index (χ2v) is 6.82. The fourth-order valence-corrected chi connectivity index (χ4v) is 4.20. The molecule has 4 rings (SSSR count). The van der Waals surface area contributed by atoms with Crippen LogP contribution in [0.15, 0.2) is 29.6 Å². The minimum Gasteiger partial charge on any atom is -0.393 e. The molecule has 25 heavy (non-hydrogen) atoms. The van der Waals surface area contributed by atoms with Crippen LogP contribution in [0.25, 0.3) is 21.5 Å². The number of amides is 1. The number of fused-ring (bicyclic) bond motifs is 3. The van der Waals surface area contributed by atoms with Crippen LogP contribution in [0, 0.1) is 0 Å². The minimum atomic E-state index is -0.282. The summed E-state index contributed by atoms with van der Waals surface area (Å²) in [5, 5.41) is 13.5. The van der Waals surface area contributed by atoms with Crippen molar-refractivity contribution in [1.29, 1.82) is 0 Å². The van der Waals surface area contributed by atoms with E-state index < -0.39 is 0 Å². The Hall–Kier alpha value is -2.57. The maximum absolute atomic E-state index is 13.0. The Bertz CT molecular complexity index is 842. The number of hydrogen-bond acceptors (Lipinski definition) is 4. The van der Waals surface area contributed by atoms with E-state index in [9.17, 15) is 9.90 Å². The summed E-state index contributed by atoms with van der Waals surface area (Å²) in [6.07, 6.45) is 4.73. The van der Waals surface area contributed by atoms with Gasteiger partial charge in [-0.15, -0.1) is 0 Å². The van der Waals surface area contributed by atoms with Gasteiger partial charge in [-0.05, 0) is 49.4 Å².